The Morgan fingerprint density at radius 3 is 2.32 bits per heavy atom. The summed E-state index contributed by atoms with van der Waals surface area (Å²) in [6, 6.07) is 20.8. The lowest BCUT2D eigenvalue weighted by molar-refractivity contribution is -0.115. The number of anilines is 2. The van der Waals surface area contributed by atoms with E-state index in [2.05, 4.69) is 10.2 Å². The number of carbonyl (C=O) groups excluding carboxylic acids is 3. The van der Waals surface area contributed by atoms with E-state index in [9.17, 15) is 18.8 Å². The first-order valence-corrected chi connectivity index (χ1v) is 12.4. The molecule has 1 heterocycles. The normalized spacial score (nSPS) is 13.3. The Bertz CT molecular complexity index is 1270. The predicted molar refractivity (Wildman–Crippen MR) is 142 cm³/mol. The molecule has 0 bridgehead atoms. The highest BCUT2D eigenvalue weighted by molar-refractivity contribution is 6.02. The van der Waals surface area contributed by atoms with E-state index in [1.165, 1.54) is 18.2 Å². The van der Waals surface area contributed by atoms with Gasteiger partial charge in [0.05, 0.1) is 5.56 Å². The third kappa shape index (κ3) is 6.33. The molecule has 1 aliphatic rings. The van der Waals surface area contributed by atoms with Crippen LogP contribution in [0.3, 0.4) is 0 Å². The number of amides is 3. The van der Waals surface area contributed by atoms with Gasteiger partial charge in [-0.2, -0.15) is 0 Å². The summed E-state index contributed by atoms with van der Waals surface area (Å²) in [4.78, 5) is 43.9. The second-order valence-electron chi connectivity index (χ2n) is 9.07. The van der Waals surface area contributed by atoms with Crippen LogP contribution < -0.4 is 10.2 Å². The van der Waals surface area contributed by atoms with Crippen molar-refractivity contribution in [1.82, 2.24) is 9.80 Å². The van der Waals surface area contributed by atoms with Crippen LogP contribution in [-0.2, 0) is 11.3 Å². The number of nitrogens with one attached hydrogen (secondary N) is 1. The highest BCUT2D eigenvalue weighted by Gasteiger charge is 2.26. The van der Waals surface area contributed by atoms with E-state index in [-0.39, 0.29) is 17.7 Å². The summed E-state index contributed by atoms with van der Waals surface area (Å²) < 4.78 is 13.6. The molecule has 0 radical (unpaired) electrons. The number of hydrogen-bond donors (Lipinski definition) is 1. The number of benzene rings is 3. The molecule has 3 amide bonds. The Kier molecular flexibility index (Phi) is 8.18. The van der Waals surface area contributed by atoms with Crippen molar-refractivity contribution in [1.29, 1.82) is 0 Å². The third-order valence-corrected chi connectivity index (χ3v) is 6.42. The fourth-order valence-electron chi connectivity index (χ4n) is 4.40. The zero-order chi connectivity index (χ0) is 26.4. The SMILES string of the molecule is CCC(=O)Nc1ccc(N2CCN(C(=O)c3cccc(F)c3)CC2)c(C(=O)N(C)Cc2ccccc2)c1. The number of rotatable bonds is 7. The summed E-state index contributed by atoms with van der Waals surface area (Å²) in [6.45, 7) is 4.14. The van der Waals surface area contributed by atoms with Gasteiger partial charge >= 0.3 is 0 Å². The van der Waals surface area contributed by atoms with Crippen molar-refractivity contribution in [2.75, 3.05) is 43.4 Å². The van der Waals surface area contributed by atoms with Crippen molar-refractivity contribution in [2.24, 2.45) is 0 Å². The smallest absolute Gasteiger partial charge is 0.256 e. The first-order chi connectivity index (χ1) is 17.9. The Morgan fingerprint density at radius 2 is 1.65 bits per heavy atom. The minimum Gasteiger partial charge on any atom is -0.367 e. The molecule has 37 heavy (non-hydrogen) atoms. The van der Waals surface area contributed by atoms with Gasteiger partial charge in [-0.25, -0.2) is 4.39 Å². The Balaban J connectivity index is 1.54. The van der Waals surface area contributed by atoms with Crippen LogP contribution in [-0.4, -0.2) is 60.7 Å². The summed E-state index contributed by atoms with van der Waals surface area (Å²) in [5.74, 6) is -0.948. The molecule has 1 saturated heterocycles. The van der Waals surface area contributed by atoms with Gasteiger partial charge in [0.1, 0.15) is 5.82 Å². The fraction of sp³-hybridized carbons (Fsp3) is 0.276. The molecular formula is C29H31FN4O3. The lowest BCUT2D eigenvalue weighted by Gasteiger charge is -2.37. The zero-order valence-corrected chi connectivity index (χ0v) is 21.1. The molecule has 0 aliphatic carbocycles. The van der Waals surface area contributed by atoms with Crippen LogP contribution in [0, 0.1) is 5.82 Å². The highest BCUT2D eigenvalue weighted by Crippen LogP contribution is 2.28. The topological polar surface area (TPSA) is 73.0 Å². The van der Waals surface area contributed by atoms with E-state index in [0.717, 1.165) is 11.3 Å². The molecule has 0 atom stereocenters. The number of halogens is 1. The van der Waals surface area contributed by atoms with Gasteiger partial charge < -0.3 is 20.0 Å². The number of carbonyl (C=O) groups is 3. The minimum absolute atomic E-state index is 0.131. The molecule has 1 aliphatic heterocycles. The maximum absolute atomic E-state index is 13.6. The van der Waals surface area contributed by atoms with Gasteiger partial charge in [0.25, 0.3) is 11.8 Å². The van der Waals surface area contributed by atoms with Crippen LogP contribution in [0.15, 0.2) is 72.8 Å². The quantitative estimate of drug-likeness (QED) is 0.520. The molecule has 0 saturated carbocycles. The lowest BCUT2D eigenvalue weighted by atomic mass is 10.1. The molecule has 0 aromatic heterocycles. The number of piperazine rings is 1. The van der Waals surface area contributed by atoms with Crippen molar-refractivity contribution >= 4 is 29.1 Å². The molecule has 0 spiro atoms. The Morgan fingerprint density at radius 1 is 0.919 bits per heavy atom. The predicted octanol–water partition coefficient (Wildman–Crippen LogP) is 4.41. The van der Waals surface area contributed by atoms with Crippen molar-refractivity contribution in [3.63, 3.8) is 0 Å². The maximum Gasteiger partial charge on any atom is 0.256 e. The second kappa shape index (κ2) is 11.7. The van der Waals surface area contributed by atoms with Gasteiger partial charge in [-0.3, -0.25) is 14.4 Å². The van der Waals surface area contributed by atoms with E-state index < -0.39 is 5.82 Å². The van der Waals surface area contributed by atoms with Crippen LogP contribution in [0.5, 0.6) is 0 Å². The van der Waals surface area contributed by atoms with Gasteiger partial charge in [0, 0.05) is 63.1 Å². The number of nitrogens with zero attached hydrogens (tertiary/aromatic N) is 3. The maximum atomic E-state index is 13.6. The lowest BCUT2D eigenvalue weighted by Crippen LogP contribution is -2.49. The van der Waals surface area contributed by atoms with E-state index in [1.54, 1.807) is 42.0 Å². The average Bonchev–Trinajstić information content (AvgIpc) is 2.92. The van der Waals surface area contributed by atoms with Crippen LogP contribution >= 0.6 is 0 Å². The van der Waals surface area contributed by atoms with E-state index >= 15 is 0 Å². The van der Waals surface area contributed by atoms with Crippen LogP contribution in [0.4, 0.5) is 15.8 Å². The fourth-order valence-corrected chi connectivity index (χ4v) is 4.40. The van der Waals surface area contributed by atoms with Crippen LogP contribution in [0.25, 0.3) is 0 Å². The average molecular weight is 503 g/mol. The van der Waals surface area contributed by atoms with Gasteiger partial charge in [0.15, 0.2) is 0 Å². The van der Waals surface area contributed by atoms with E-state index in [4.69, 9.17) is 0 Å². The highest BCUT2D eigenvalue weighted by atomic mass is 19.1. The Labute approximate surface area is 216 Å². The summed E-state index contributed by atoms with van der Waals surface area (Å²) >= 11 is 0. The first-order valence-electron chi connectivity index (χ1n) is 12.4. The summed E-state index contributed by atoms with van der Waals surface area (Å²) in [7, 11) is 1.76. The molecule has 1 fully saturated rings. The molecule has 3 aromatic carbocycles. The van der Waals surface area contributed by atoms with E-state index in [1.807, 2.05) is 36.4 Å². The first kappa shape index (κ1) is 25.9. The van der Waals surface area contributed by atoms with Crippen molar-refractivity contribution in [2.45, 2.75) is 19.9 Å². The van der Waals surface area contributed by atoms with Crippen molar-refractivity contribution in [3.05, 3.63) is 95.3 Å². The molecule has 8 heteroatoms. The largest absolute Gasteiger partial charge is 0.367 e. The molecule has 0 unspecified atom stereocenters. The molecule has 4 rings (SSSR count). The second-order valence-corrected chi connectivity index (χ2v) is 9.07. The van der Waals surface area contributed by atoms with Gasteiger partial charge in [-0.1, -0.05) is 43.3 Å². The summed E-state index contributed by atoms with van der Waals surface area (Å²) in [6.07, 6.45) is 0.334. The minimum atomic E-state index is -0.442. The zero-order valence-electron chi connectivity index (χ0n) is 21.1. The molecule has 7 nitrogen and oxygen atoms in total. The molecular weight excluding hydrogens is 471 g/mol. The monoisotopic (exact) mass is 502 g/mol. The summed E-state index contributed by atoms with van der Waals surface area (Å²) in [5, 5.41) is 2.84. The van der Waals surface area contributed by atoms with Gasteiger partial charge in [0.2, 0.25) is 5.91 Å². The van der Waals surface area contributed by atoms with Crippen LogP contribution in [0.1, 0.15) is 39.6 Å². The molecule has 3 aromatic rings. The Hall–Kier alpha value is -4.20. The van der Waals surface area contributed by atoms with Gasteiger partial charge in [-0.15, -0.1) is 0 Å². The van der Waals surface area contributed by atoms with Gasteiger partial charge in [-0.05, 0) is 42.0 Å². The van der Waals surface area contributed by atoms with Crippen molar-refractivity contribution in [3.8, 4) is 0 Å². The van der Waals surface area contributed by atoms with E-state index in [0.29, 0.717) is 56.0 Å². The standard InChI is InChI=1S/C29H31FN4O3/c1-3-27(35)31-24-12-13-26(25(19-24)29(37)32(2)20-21-8-5-4-6-9-21)33-14-16-34(17-15-33)28(36)22-10-7-11-23(30)18-22/h4-13,18-19H,3,14-17,20H2,1-2H3,(H,31,35). The molecule has 1 N–H and O–H groups in total. The summed E-state index contributed by atoms with van der Waals surface area (Å²) in [5.41, 5.74) is 3.13. The van der Waals surface area contributed by atoms with Crippen LogP contribution in [0.2, 0.25) is 0 Å². The van der Waals surface area contributed by atoms with Crippen molar-refractivity contribution < 1.29 is 18.8 Å². The molecule has 192 valence electrons. The third-order valence-electron chi connectivity index (χ3n) is 6.42. The number of hydrogen-bond acceptors (Lipinski definition) is 4.